The molecule has 2 fully saturated rings. The van der Waals surface area contributed by atoms with Gasteiger partial charge in [0, 0.05) is 0 Å². The second-order valence-corrected chi connectivity index (χ2v) is 11.4. The average Bonchev–Trinajstić information content (AvgIpc) is 3.85. The van der Waals surface area contributed by atoms with Crippen molar-refractivity contribution in [1.82, 2.24) is 0 Å². The molecule has 2 aliphatic rings. The first-order chi connectivity index (χ1) is 18.1. The summed E-state index contributed by atoms with van der Waals surface area (Å²) in [6, 6.07) is 21.6. The van der Waals surface area contributed by atoms with Crippen molar-refractivity contribution in [2.24, 2.45) is 0 Å². The van der Waals surface area contributed by atoms with Crippen LogP contribution in [0, 0.1) is 0 Å². The number of epoxide rings is 2. The Kier molecular flexibility index (Phi) is 10.3. The van der Waals surface area contributed by atoms with E-state index in [2.05, 4.69) is 88.4 Å². The number of unbranched alkanes of at least 4 members (excludes halogenated alkanes) is 4. The van der Waals surface area contributed by atoms with Gasteiger partial charge in [-0.1, -0.05) is 140 Å². The van der Waals surface area contributed by atoms with Crippen LogP contribution < -0.4 is 0 Å². The largest absolute Gasteiger partial charge is 0.363 e. The number of ether oxygens (including phenoxy) is 3. The Morgan fingerprint density at radius 2 is 0.892 bits per heavy atom. The van der Waals surface area contributed by atoms with Crippen LogP contribution in [-0.4, -0.2) is 23.4 Å². The standard InChI is InChI=1S/C34H50O3/c1-5-9-23-33(24-10-6-2)31(36-33)29(27-19-15-13-16-20-27)35-30(28-21-17-14-18-22-28)32-34(37-32,25-11-7-3)26-12-8-4/h13-22,29-32H,5-12,23-26H2,1-4H3. The zero-order chi connectivity index (χ0) is 26.1. The normalized spacial score (nSPS) is 22.9. The summed E-state index contributed by atoms with van der Waals surface area (Å²) in [6.45, 7) is 9.10. The van der Waals surface area contributed by atoms with Gasteiger partial charge >= 0.3 is 0 Å². The summed E-state index contributed by atoms with van der Waals surface area (Å²) in [5.41, 5.74) is 2.33. The van der Waals surface area contributed by atoms with E-state index in [-0.39, 0.29) is 35.6 Å². The minimum Gasteiger partial charge on any atom is -0.363 e. The van der Waals surface area contributed by atoms with Gasteiger partial charge in [0.05, 0.1) is 11.2 Å². The summed E-state index contributed by atoms with van der Waals surface area (Å²) >= 11 is 0. The molecule has 2 heterocycles. The number of rotatable bonds is 18. The number of benzene rings is 2. The predicted molar refractivity (Wildman–Crippen MR) is 153 cm³/mol. The molecular formula is C34H50O3. The SMILES string of the molecule is CCCCC1(CCCC)OC1C(OC(c1ccccc1)C1OC1(CCCC)CCCC)c1ccccc1. The highest BCUT2D eigenvalue weighted by atomic mass is 16.7. The number of hydrogen-bond donors (Lipinski definition) is 0. The van der Waals surface area contributed by atoms with Crippen molar-refractivity contribution < 1.29 is 14.2 Å². The molecule has 0 bridgehead atoms. The second-order valence-electron chi connectivity index (χ2n) is 11.4. The van der Waals surface area contributed by atoms with E-state index in [0.29, 0.717) is 0 Å². The lowest BCUT2D eigenvalue weighted by molar-refractivity contribution is -0.0425. The van der Waals surface area contributed by atoms with Crippen molar-refractivity contribution in [3.8, 4) is 0 Å². The van der Waals surface area contributed by atoms with Gasteiger partial charge in [0.1, 0.15) is 24.4 Å². The fourth-order valence-corrected chi connectivity index (χ4v) is 6.16. The summed E-state index contributed by atoms with van der Waals surface area (Å²) in [6.07, 6.45) is 14.1. The van der Waals surface area contributed by atoms with Crippen molar-refractivity contribution in [1.29, 1.82) is 0 Å². The third kappa shape index (κ3) is 6.85. The van der Waals surface area contributed by atoms with E-state index in [1.165, 1.54) is 62.5 Å². The average molecular weight is 507 g/mol. The highest BCUT2D eigenvalue weighted by Gasteiger charge is 2.63. The Bertz CT molecular complexity index is 820. The molecule has 0 N–H and O–H groups in total. The minimum absolute atomic E-state index is 0.0559. The van der Waals surface area contributed by atoms with E-state index in [1.54, 1.807) is 0 Å². The van der Waals surface area contributed by atoms with Crippen molar-refractivity contribution in [2.75, 3.05) is 0 Å². The van der Waals surface area contributed by atoms with Gasteiger partial charge in [-0.05, 0) is 36.8 Å². The van der Waals surface area contributed by atoms with Crippen LogP contribution in [0.25, 0.3) is 0 Å². The molecule has 0 saturated carbocycles. The summed E-state index contributed by atoms with van der Waals surface area (Å²) in [4.78, 5) is 0. The first-order valence-electron chi connectivity index (χ1n) is 15.2. The lowest BCUT2D eigenvalue weighted by Crippen LogP contribution is -2.27. The van der Waals surface area contributed by atoms with Crippen molar-refractivity contribution >= 4 is 0 Å². The molecular weight excluding hydrogens is 456 g/mol. The second kappa shape index (κ2) is 13.4. The highest BCUT2D eigenvalue weighted by molar-refractivity contribution is 5.27. The molecule has 4 rings (SSSR count). The molecule has 0 radical (unpaired) electrons. The smallest absolute Gasteiger partial charge is 0.118 e. The zero-order valence-corrected chi connectivity index (χ0v) is 23.8. The molecule has 0 spiro atoms. The highest BCUT2D eigenvalue weighted by Crippen LogP contribution is 2.57. The lowest BCUT2D eigenvalue weighted by Gasteiger charge is -2.27. The fraction of sp³-hybridized carbons (Fsp3) is 0.647. The van der Waals surface area contributed by atoms with Crippen LogP contribution in [0.2, 0.25) is 0 Å². The molecule has 0 amide bonds. The van der Waals surface area contributed by atoms with E-state index < -0.39 is 0 Å². The van der Waals surface area contributed by atoms with E-state index >= 15 is 0 Å². The van der Waals surface area contributed by atoms with Gasteiger partial charge in [-0.2, -0.15) is 0 Å². The molecule has 4 atom stereocenters. The fourth-order valence-electron chi connectivity index (χ4n) is 6.16. The van der Waals surface area contributed by atoms with Crippen LogP contribution in [0.5, 0.6) is 0 Å². The third-order valence-corrected chi connectivity index (χ3v) is 8.56. The zero-order valence-electron chi connectivity index (χ0n) is 23.8. The van der Waals surface area contributed by atoms with Gasteiger partial charge in [0.2, 0.25) is 0 Å². The van der Waals surface area contributed by atoms with Gasteiger partial charge in [0.25, 0.3) is 0 Å². The Morgan fingerprint density at radius 3 is 1.19 bits per heavy atom. The van der Waals surface area contributed by atoms with Gasteiger partial charge < -0.3 is 14.2 Å². The van der Waals surface area contributed by atoms with Crippen LogP contribution in [0.1, 0.15) is 128 Å². The molecule has 2 aromatic carbocycles. The summed E-state index contributed by atoms with van der Waals surface area (Å²) < 4.78 is 20.6. The van der Waals surface area contributed by atoms with Crippen LogP contribution in [0.3, 0.4) is 0 Å². The van der Waals surface area contributed by atoms with Gasteiger partial charge in [-0.25, -0.2) is 0 Å². The lowest BCUT2D eigenvalue weighted by atomic mass is 9.86. The monoisotopic (exact) mass is 506 g/mol. The molecule has 0 aliphatic carbocycles. The minimum atomic E-state index is -0.0978. The first-order valence-corrected chi connectivity index (χ1v) is 15.2. The Labute approximate surface area is 226 Å². The third-order valence-electron chi connectivity index (χ3n) is 8.56. The van der Waals surface area contributed by atoms with E-state index in [9.17, 15) is 0 Å². The maximum Gasteiger partial charge on any atom is 0.118 e. The molecule has 0 aromatic heterocycles. The molecule has 3 heteroatoms. The molecule has 2 aromatic rings. The van der Waals surface area contributed by atoms with Crippen LogP contribution in [-0.2, 0) is 14.2 Å². The Morgan fingerprint density at radius 1 is 0.568 bits per heavy atom. The molecule has 37 heavy (non-hydrogen) atoms. The molecule has 3 nitrogen and oxygen atoms in total. The van der Waals surface area contributed by atoms with E-state index in [1.807, 2.05) is 0 Å². The maximum absolute atomic E-state index is 7.25. The van der Waals surface area contributed by atoms with Gasteiger partial charge in [-0.3, -0.25) is 0 Å². The van der Waals surface area contributed by atoms with Gasteiger partial charge in [-0.15, -0.1) is 0 Å². The topological polar surface area (TPSA) is 34.3 Å². The van der Waals surface area contributed by atoms with Crippen molar-refractivity contribution in [3.63, 3.8) is 0 Å². The van der Waals surface area contributed by atoms with Crippen molar-refractivity contribution in [2.45, 2.75) is 140 Å². The van der Waals surface area contributed by atoms with Crippen molar-refractivity contribution in [3.05, 3.63) is 71.8 Å². The molecule has 204 valence electrons. The maximum atomic E-state index is 7.25. The summed E-state index contributed by atoms with van der Waals surface area (Å²) in [5.74, 6) is 0. The Balaban J connectivity index is 1.64. The summed E-state index contributed by atoms with van der Waals surface area (Å²) in [5, 5.41) is 0. The quantitative estimate of drug-likeness (QED) is 0.189. The number of hydrogen-bond acceptors (Lipinski definition) is 3. The summed E-state index contributed by atoms with van der Waals surface area (Å²) in [7, 11) is 0. The molecule has 2 saturated heterocycles. The molecule has 2 aliphatic heterocycles. The van der Waals surface area contributed by atoms with Crippen LogP contribution in [0.15, 0.2) is 60.7 Å². The van der Waals surface area contributed by atoms with Crippen LogP contribution >= 0.6 is 0 Å². The Hall–Kier alpha value is -1.68. The predicted octanol–water partition coefficient (Wildman–Crippen LogP) is 9.52. The van der Waals surface area contributed by atoms with Crippen LogP contribution in [0.4, 0.5) is 0 Å². The van der Waals surface area contributed by atoms with E-state index in [4.69, 9.17) is 14.2 Å². The molecule has 4 unspecified atom stereocenters. The van der Waals surface area contributed by atoms with Gasteiger partial charge in [0.15, 0.2) is 0 Å². The first kappa shape index (κ1) is 28.3. The van der Waals surface area contributed by atoms with E-state index in [0.717, 1.165) is 25.7 Å².